The van der Waals surface area contributed by atoms with E-state index in [1.165, 1.54) is 25.7 Å². The van der Waals surface area contributed by atoms with Gasteiger partial charge < -0.3 is 16.3 Å². The topological polar surface area (TPSA) is 83.5 Å². The molecular weight excluding hydrogens is 252 g/mol. The first-order valence-corrected chi connectivity index (χ1v) is 7.20. The number of nitrogens with zero attached hydrogens (tertiary/aromatic N) is 2. The van der Waals surface area contributed by atoms with Crippen LogP contribution in [0.2, 0.25) is 0 Å². The van der Waals surface area contributed by atoms with Gasteiger partial charge in [0.15, 0.2) is 5.84 Å². The Morgan fingerprint density at radius 3 is 3.05 bits per heavy atom. The van der Waals surface area contributed by atoms with Gasteiger partial charge in [0.25, 0.3) is 0 Å². The van der Waals surface area contributed by atoms with Gasteiger partial charge in [-0.05, 0) is 29.9 Å². The lowest BCUT2D eigenvalue weighted by Gasteiger charge is -2.39. The van der Waals surface area contributed by atoms with Crippen LogP contribution in [0.4, 0.5) is 0 Å². The maximum Gasteiger partial charge on any atom is 0.189 e. The molecule has 5 heteroatoms. The van der Waals surface area contributed by atoms with Gasteiger partial charge in [0.2, 0.25) is 0 Å². The first-order valence-electron chi connectivity index (χ1n) is 7.20. The minimum Gasteiger partial charge on any atom is -0.409 e. The van der Waals surface area contributed by atoms with Crippen molar-refractivity contribution < 1.29 is 5.21 Å². The van der Waals surface area contributed by atoms with E-state index in [1.54, 1.807) is 6.20 Å². The molecule has 1 aromatic rings. The van der Waals surface area contributed by atoms with Gasteiger partial charge in [0.05, 0.1) is 0 Å². The summed E-state index contributed by atoms with van der Waals surface area (Å²) in [6.45, 7) is 5.32. The lowest BCUT2D eigenvalue weighted by molar-refractivity contribution is 0.166. The molecular formula is C15H24N4O. The lowest BCUT2D eigenvalue weighted by Crippen LogP contribution is -2.44. The predicted octanol–water partition coefficient (Wildman–Crippen LogP) is 2.23. The molecule has 0 bridgehead atoms. The number of rotatable bonds is 4. The van der Waals surface area contributed by atoms with Crippen LogP contribution in [-0.2, 0) is 6.54 Å². The number of pyridine rings is 1. The van der Waals surface area contributed by atoms with Crippen molar-refractivity contribution in [2.45, 2.75) is 52.1 Å². The standard InChI is InChI=1S/C15H24N4O/c1-15(2)8-4-3-7-12(15)18-10-11-6-5-9-17-13(11)14(16)19-20/h5-6,9,12,18,20H,3-4,7-8,10H2,1-2H3,(H2,16,19). The third-order valence-corrected chi connectivity index (χ3v) is 4.29. The molecule has 5 nitrogen and oxygen atoms in total. The number of nitrogens with two attached hydrogens (primary N) is 1. The van der Waals surface area contributed by atoms with Crippen LogP contribution in [0.5, 0.6) is 0 Å². The summed E-state index contributed by atoms with van der Waals surface area (Å²) >= 11 is 0. The summed E-state index contributed by atoms with van der Waals surface area (Å²) in [7, 11) is 0. The Hall–Kier alpha value is -1.62. The molecule has 4 N–H and O–H groups in total. The van der Waals surface area contributed by atoms with Gasteiger partial charge >= 0.3 is 0 Å². The highest BCUT2D eigenvalue weighted by molar-refractivity contribution is 5.96. The van der Waals surface area contributed by atoms with Gasteiger partial charge in [0.1, 0.15) is 5.69 Å². The van der Waals surface area contributed by atoms with Gasteiger partial charge in [-0.2, -0.15) is 0 Å². The van der Waals surface area contributed by atoms with Crippen molar-refractivity contribution in [1.29, 1.82) is 0 Å². The molecule has 1 saturated carbocycles. The second-order valence-corrected chi connectivity index (χ2v) is 6.16. The van der Waals surface area contributed by atoms with Crippen molar-refractivity contribution in [3.8, 4) is 0 Å². The SMILES string of the molecule is CC1(C)CCCCC1NCc1cccnc1C(N)=NO. The van der Waals surface area contributed by atoms with Crippen LogP contribution in [-0.4, -0.2) is 22.1 Å². The summed E-state index contributed by atoms with van der Waals surface area (Å²) in [6.07, 6.45) is 6.70. The third-order valence-electron chi connectivity index (χ3n) is 4.29. The molecule has 1 aliphatic rings. The molecule has 1 unspecified atom stereocenters. The van der Waals surface area contributed by atoms with E-state index in [0.29, 0.717) is 23.7 Å². The van der Waals surface area contributed by atoms with Crippen LogP contribution >= 0.6 is 0 Å². The van der Waals surface area contributed by atoms with Crippen molar-refractivity contribution in [3.05, 3.63) is 29.6 Å². The smallest absolute Gasteiger partial charge is 0.189 e. The Balaban J connectivity index is 2.07. The molecule has 2 rings (SSSR count). The van der Waals surface area contributed by atoms with Crippen molar-refractivity contribution in [2.24, 2.45) is 16.3 Å². The first-order chi connectivity index (χ1) is 9.54. The normalized spacial score (nSPS) is 22.7. The molecule has 1 heterocycles. The van der Waals surface area contributed by atoms with E-state index in [2.05, 4.69) is 29.3 Å². The van der Waals surface area contributed by atoms with E-state index in [9.17, 15) is 0 Å². The van der Waals surface area contributed by atoms with Crippen molar-refractivity contribution >= 4 is 5.84 Å². The van der Waals surface area contributed by atoms with Gasteiger partial charge in [-0.1, -0.05) is 37.9 Å². The summed E-state index contributed by atoms with van der Waals surface area (Å²) in [6, 6.07) is 4.33. The molecule has 1 atom stereocenters. The molecule has 0 aromatic carbocycles. The van der Waals surface area contributed by atoms with Crippen LogP contribution in [0.3, 0.4) is 0 Å². The number of amidine groups is 1. The van der Waals surface area contributed by atoms with Crippen LogP contribution in [0, 0.1) is 5.41 Å². The van der Waals surface area contributed by atoms with Crippen molar-refractivity contribution in [1.82, 2.24) is 10.3 Å². The molecule has 110 valence electrons. The predicted molar refractivity (Wildman–Crippen MR) is 79.6 cm³/mol. The summed E-state index contributed by atoms with van der Waals surface area (Å²) in [5, 5.41) is 15.5. The molecule has 1 aliphatic carbocycles. The molecule has 0 spiro atoms. The zero-order valence-electron chi connectivity index (χ0n) is 12.3. The second kappa shape index (κ2) is 6.22. The fraction of sp³-hybridized carbons (Fsp3) is 0.600. The number of aromatic nitrogens is 1. The van der Waals surface area contributed by atoms with E-state index in [4.69, 9.17) is 10.9 Å². The Labute approximate surface area is 120 Å². The molecule has 1 aromatic heterocycles. The Morgan fingerprint density at radius 1 is 1.55 bits per heavy atom. The van der Waals surface area contributed by atoms with Gasteiger partial charge in [-0.3, -0.25) is 4.98 Å². The van der Waals surface area contributed by atoms with Crippen molar-refractivity contribution in [3.63, 3.8) is 0 Å². The average molecular weight is 276 g/mol. The van der Waals surface area contributed by atoms with Crippen LogP contribution in [0.25, 0.3) is 0 Å². The van der Waals surface area contributed by atoms with E-state index in [1.807, 2.05) is 12.1 Å². The molecule has 0 amide bonds. The first kappa shape index (κ1) is 14.8. The minimum absolute atomic E-state index is 0.0605. The van der Waals surface area contributed by atoms with Crippen molar-refractivity contribution in [2.75, 3.05) is 0 Å². The summed E-state index contributed by atoms with van der Waals surface area (Å²) in [5.41, 5.74) is 7.50. The maximum atomic E-state index is 8.82. The monoisotopic (exact) mass is 276 g/mol. The summed E-state index contributed by atoms with van der Waals surface area (Å²) < 4.78 is 0. The number of oxime groups is 1. The van der Waals surface area contributed by atoms with E-state index in [0.717, 1.165) is 5.56 Å². The fourth-order valence-corrected chi connectivity index (χ4v) is 2.96. The van der Waals surface area contributed by atoms with E-state index in [-0.39, 0.29) is 5.84 Å². The number of hydrogen-bond acceptors (Lipinski definition) is 4. The molecule has 20 heavy (non-hydrogen) atoms. The Bertz CT molecular complexity index is 485. The highest BCUT2D eigenvalue weighted by Gasteiger charge is 2.31. The van der Waals surface area contributed by atoms with Crippen LogP contribution in [0.15, 0.2) is 23.5 Å². The molecule has 0 aliphatic heterocycles. The number of hydrogen-bond donors (Lipinski definition) is 3. The fourth-order valence-electron chi connectivity index (χ4n) is 2.96. The average Bonchev–Trinajstić information content (AvgIpc) is 2.45. The summed E-state index contributed by atoms with van der Waals surface area (Å²) in [4.78, 5) is 4.19. The van der Waals surface area contributed by atoms with Gasteiger partial charge in [0, 0.05) is 18.8 Å². The van der Waals surface area contributed by atoms with E-state index >= 15 is 0 Å². The largest absolute Gasteiger partial charge is 0.409 e. The minimum atomic E-state index is 0.0605. The van der Waals surface area contributed by atoms with Gasteiger partial charge in [-0.15, -0.1) is 0 Å². The maximum absolute atomic E-state index is 8.82. The van der Waals surface area contributed by atoms with Crippen LogP contribution in [0.1, 0.15) is 50.8 Å². The summed E-state index contributed by atoms with van der Waals surface area (Å²) in [5.74, 6) is 0.0605. The zero-order valence-corrected chi connectivity index (χ0v) is 12.3. The number of nitrogens with one attached hydrogen (secondary N) is 1. The Morgan fingerprint density at radius 2 is 2.35 bits per heavy atom. The third kappa shape index (κ3) is 3.28. The molecule has 0 saturated heterocycles. The highest BCUT2D eigenvalue weighted by atomic mass is 16.4. The quantitative estimate of drug-likeness (QED) is 0.341. The van der Waals surface area contributed by atoms with Gasteiger partial charge in [-0.25, -0.2) is 0 Å². The lowest BCUT2D eigenvalue weighted by atomic mass is 9.73. The zero-order chi connectivity index (χ0) is 14.6. The van der Waals surface area contributed by atoms with Crippen LogP contribution < -0.4 is 11.1 Å². The Kier molecular flexibility index (Phi) is 4.60. The van der Waals surface area contributed by atoms with E-state index < -0.39 is 0 Å². The molecule has 1 fully saturated rings. The highest BCUT2D eigenvalue weighted by Crippen LogP contribution is 2.35. The second-order valence-electron chi connectivity index (χ2n) is 6.16. The molecule has 0 radical (unpaired) electrons.